The number of nitrogens with one attached hydrogen (secondary N) is 1. The minimum absolute atomic E-state index is 0.0413. The van der Waals surface area contributed by atoms with E-state index in [1.54, 1.807) is 54.6 Å². The lowest BCUT2D eigenvalue weighted by atomic mass is 10.2. The number of amides is 1. The van der Waals surface area contributed by atoms with Crippen molar-refractivity contribution in [2.75, 3.05) is 0 Å². The van der Waals surface area contributed by atoms with E-state index in [2.05, 4.69) is 10.3 Å². The second kappa shape index (κ2) is 9.61. The van der Waals surface area contributed by atoms with Crippen molar-refractivity contribution in [3.63, 3.8) is 0 Å². The molecule has 0 bridgehead atoms. The van der Waals surface area contributed by atoms with Crippen LogP contribution in [0.3, 0.4) is 0 Å². The molecule has 168 valence electrons. The largest absolute Gasteiger partial charge is 0.378 e. The molecule has 1 heterocycles. The highest BCUT2D eigenvalue weighted by Gasteiger charge is 2.25. The molecule has 6 nitrogen and oxygen atoms in total. The average molecular weight is 519 g/mol. The van der Waals surface area contributed by atoms with Gasteiger partial charge in [0.15, 0.2) is 5.17 Å². The van der Waals surface area contributed by atoms with Gasteiger partial charge in [-0.25, -0.2) is 4.99 Å². The lowest BCUT2D eigenvalue weighted by Crippen LogP contribution is -2.19. The zero-order chi connectivity index (χ0) is 23.6. The zero-order valence-corrected chi connectivity index (χ0v) is 20.2. The zero-order valence-electron chi connectivity index (χ0n) is 17.1. The van der Waals surface area contributed by atoms with Gasteiger partial charge in [-0.3, -0.25) is 4.79 Å². The number of hydrogen-bond acceptors (Lipinski definition) is 6. The first-order valence-electron chi connectivity index (χ1n) is 9.56. The van der Waals surface area contributed by atoms with Crippen molar-refractivity contribution in [1.82, 2.24) is 5.32 Å². The van der Waals surface area contributed by atoms with E-state index in [-0.39, 0.29) is 16.6 Å². The molecule has 1 saturated heterocycles. The second-order valence-electron chi connectivity index (χ2n) is 6.97. The molecule has 0 unspecified atom stereocenters. The van der Waals surface area contributed by atoms with Gasteiger partial charge in [-0.15, -0.1) is 0 Å². The first-order chi connectivity index (χ1) is 15.7. The van der Waals surface area contributed by atoms with Gasteiger partial charge in [-0.05, 0) is 61.2 Å². The maximum atomic E-state index is 12.7. The van der Waals surface area contributed by atoms with E-state index < -0.39 is 10.1 Å². The molecule has 1 amide bonds. The molecule has 3 aromatic carbocycles. The summed E-state index contributed by atoms with van der Waals surface area (Å²) in [6.45, 7) is 1.86. The van der Waals surface area contributed by atoms with E-state index in [0.717, 1.165) is 17.3 Å². The lowest BCUT2D eigenvalue weighted by Gasteiger charge is -2.10. The minimum atomic E-state index is -4.04. The highest BCUT2D eigenvalue weighted by atomic mass is 35.5. The summed E-state index contributed by atoms with van der Waals surface area (Å²) in [6, 6.07) is 17.8. The van der Waals surface area contributed by atoms with Gasteiger partial charge < -0.3 is 9.50 Å². The van der Waals surface area contributed by atoms with Crippen molar-refractivity contribution in [3.05, 3.63) is 92.8 Å². The fourth-order valence-electron chi connectivity index (χ4n) is 2.84. The number of carbonyl (C=O) groups is 1. The summed E-state index contributed by atoms with van der Waals surface area (Å²) >= 11 is 13.1. The maximum Gasteiger partial charge on any atom is 0.339 e. The third-order valence-corrected chi connectivity index (χ3v) is 7.40. The van der Waals surface area contributed by atoms with Crippen LogP contribution in [0.5, 0.6) is 5.75 Å². The van der Waals surface area contributed by atoms with Crippen LogP contribution in [0, 0.1) is 6.92 Å². The first kappa shape index (κ1) is 23.4. The number of aliphatic imine (C=N–C) groups is 1. The van der Waals surface area contributed by atoms with Crippen LogP contribution < -0.4 is 9.50 Å². The summed E-state index contributed by atoms with van der Waals surface area (Å²) in [5, 5.41) is 3.79. The van der Waals surface area contributed by atoms with Crippen LogP contribution in [0.25, 0.3) is 6.08 Å². The Kier molecular flexibility index (Phi) is 6.81. The molecule has 33 heavy (non-hydrogen) atoms. The van der Waals surface area contributed by atoms with Gasteiger partial charge in [-0.1, -0.05) is 59.1 Å². The number of carbonyl (C=O) groups excluding carboxylic acids is 1. The fraction of sp³-hybridized carbons (Fsp3) is 0.0435. The summed E-state index contributed by atoms with van der Waals surface area (Å²) in [6.07, 6.45) is 1.55. The Morgan fingerprint density at radius 1 is 1.00 bits per heavy atom. The minimum Gasteiger partial charge on any atom is -0.378 e. The first-order valence-corrected chi connectivity index (χ1v) is 12.5. The van der Waals surface area contributed by atoms with Gasteiger partial charge in [0, 0.05) is 5.56 Å². The van der Waals surface area contributed by atoms with Crippen LogP contribution in [-0.2, 0) is 14.9 Å². The molecule has 1 aliphatic heterocycles. The van der Waals surface area contributed by atoms with Crippen LogP contribution in [0.15, 0.2) is 81.5 Å². The lowest BCUT2D eigenvalue weighted by molar-refractivity contribution is -0.115. The molecule has 1 aliphatic rings. The molecule has 0 radical (unpaired) electrons. The van der Waals surface area contributed by atoms with Crippen LogP contribution in [0.2, 0.25) is 10.0 Å². The smallest absolute Gasteiger partial charge is 0.339 e. The van der Waals surface area contributed by atoms with Gasteiger partial charge in [0.25, 0.3) is 5.91 Å². The molecule has 1 fully saturated rings. The number of amidine groups is 1. The van der Waals surface area contributed by atoms with E-state index in [4.69, 9.17) is 27.4 Å². The Balaban J connectivity index is 1.59. The SMILES string of the molecule is Cc1ccc(S(=O)(=O)Oc2ccccc2/C=C2/SC(=Nc3ccc(Cl)c(Cl)c3)NC2=O)cc1. The number of rotatable bonds is 5. The average Bonchev–Trinajstić information content (AvgIpc) is 3.11. The normalized spacial score (nSPS) is 16.3. The fourth-order valence-corrected chi connectivity index (χ4v) is 4.92. The number of para-hydroxylation sites is 1. The number of halogens is 2. The molecule has 0 spiro atoms. The molecule has 3 aromatic rings. The van der Waals surface area contributed by atoms with Gasteiger partial charge in [0.05, 0.1) is 20.6 Å². The Bertz CT molecular complexity index is 1400. The standard InChI is InChI=1S/C23H16Cl2N2O4S2/c1-14-6-9-17(10-7-14)33(29,30)31-20-5-3-2-4-15(20)12-21-22(28)27-23(32-21)26-16-8-11-18(24)19(25)13-16/h2-13H,1H3,(H,26,27,28)/b21-12+. The van der Waals surface area contributed by atoms with Crippen molar-refractivity contribution in [2.45, 2.75) is 11.8 Å². The summed E-state index contributed by atoms with van der Waals surface area (Å²) in [7, 11) is -4.04. The van der Waals surface area contributed by atoms with Crippen LogP contribution >= 0.6 is 35.0 Å². The number of benzene rings is 3. The summed E-state index contributed by atoms with van der Waals surface area (Å²) in [5.74, 6) is -0.260. The van der Waals surface area contributed by atoms with Crippen LogP contribution in [0.4, 0.5) is 5.69 Å². The maximum absolute atomic E-state index is 12.7. The van der Waals surface area contributed by atoms with E-state index in [1.165, 1.54) is 18.2 Å². The molecule has 0 saturated carbocycles. The molecular formula is C23H16Cl2N2O4S2. The summed E-state index contributed by atoms with van der Waals surface area (Å²) < 4.78 is 30.8. The van der Waals surface area contributed by atoms with Crippen molar-refractivity contribution < 1.29 is 17.4 Å². The Hall–Kier alpha value is -2.78. The molecule has 1 N–H and O–H groups in total. The predicted molar refractivity (Wildman–Crippen MR) is 133 cm³/mol. The van der Waals surface area contributed by atoms with Crippen molar-refractivity contribution in [1.29, 1.82) is 0 Å². The number of thioether (sulfide) groups is 1. The van der Waals surface area contributed by atoms with E-state index in [1.807, 2.05) is 6.92 Å². The molecule has 0 aliphatic carbocycles. The number of nitrogens with zero attached hydrogens (tertiary/aromatic N) is 1. The van der Waals surface area contributed by atoms with Gasteiger partial charge in [0.2, 0.25) is 0 Å². The quantitative estimate of drug-likeness (QED) is 0.332. The topological polar surface area (TPSA) is 84.8 Å². The number of aryl methyl sites for hydroxylation is 1. The van der Waals surface area contributed by atoms with E-state index >= 15 is 0 Å². The molecule has 0 aromatic heterocycles. The predicted octanol–water partition coefficient (Wildman–Crippen LogP) is 5.96. The van der Waals surface area contributed by atoms with Crippen molar-refractivity contribution in [2.24, 2.45) is 4.99 Å². The van der Waals surface area contributed by atoms with Crippen LogP contribution in [0.1, 0.15) is 11.1 Å². The summed E-state index contributed by atoms with van der Waals surface area (Å²) in [5.41, 5.74) is 1.89. The number of hydrogen-bond donors (Lipinski definition) is 1. The third-order valence-electron chi connectivity index (χ3n) is 4.50. The Labute approximate surface area is 205 Å². The van der Waals surface area contributed by atoms with Crippen LogP contribution in [-0.4, -0.2) is 19.5 Å². The van der Waals surface area contributed by atoms with Crippen molar-refractivity contribution in [3.8, 4) is 5.75 Å². The van der Waals surface area contributed by atoms with Crippen molar-refractivity contribution >= 4 is 67.9 Å². The van der Waals surface area contributed by atoms with E-state index in [0.29, 0.717) is 31.4 Å². The highest BCUT2D eigenvalue weighted by molar-refractivity contribution is 8.18. The van der Waals surface area contributed by atoms with Gasteiger partial charge in [0.1, 0.15) is 10.6 Å². The Morgan fingerprint density at radius 3 is 2.45 bits per heavy atom. The molecule has 4 rings (SSSR count). The molecule has 10 heteroatoms. The van der Waals surface area contributed by atoms with Gasteiger partial charge in [-0.2, -0.15) is 8.42 Å². The monoisotopic (exact) mass is 518 g/mol. The molecular weight excluding hydrogens is 503 g/mol. The summed E-state index contributed by atoms with van der Waals surface area (Å²) in [4.78, 5) is 17.2. The van der Waals surface area contributed by atoms with Gasteiger partial charge >= 0.3 is 10.1 Å². The third kappa shape index (κ3) is 5.59. The van der Waals surface area contributed by atoms with E-state index in [9.17, 15) is 13.2 Å². The molecule has 0 atom stereocenters. The highest BCUT2D eigenvalue weighted by Crippen LogP contribution is 2.33. The Morgan fingerprint density at radius 2 is 1.73 bits per heavy atom. The second-order valence-corrected chi connectivity index (χ2v) is 10.4.